The van der Waals surface area contributed by atoms with E-state index in [0.29, 0.717) is 10.6 Å². The van der Waals surface area contributed by atoms with E-state index in [1.54, 1.807) is 12.4 Å². The lowest BCUT2D eigenvalue weighted by atomic mass is 10.1. The van der Waals surface area contributed by atoms with Crippen LogP contribution in [0.5, 0.6) is 0 Å². The molecule has 0 aliphatic heterocycles. The summed E-state index contributed by atoms with van der Waals surface area (Å²) < 4.78 is 1.97. The van der Waals surface area contributed by atoms with Gasteiger partial charge in [0, 0.05) is 39.8 Å². The van der Waals surface area contributed by atoms with Crippen LogP contribution in [0.25, 0.3) is 22.2 Å². The summed E-state index contributed by atoms with van der Waals surface area (Å²) in [4.78, 5) is 19.6. The van der Waals surface area contributed by atoms with Crippen molar-refractivity contribution in [3.05, 3.63) is 82.0 Å². The molecule has 2 N–H and O–H groups in total. The lowest BCUT2D eigenvalue weighted by Gasteiger charge is -2.16. The van der Waals surface area contributed by atoms with Crippen LogP contribution in [0.4, 0.5) is 5.69 Å². The minimum Gasteiger partial charge on any atom is -0.378 e. The molecule has 2 aromatic carbocycles. The van der Waals surface area contributed by atoms with Crippen LogP contribution in [0.2, 0.25) is 5.02 Å². The van der Waals surface area contributed by atoms with Gasteiger partial charge in [0.1, 0.15) is 0 Å². The molecule has 27 heavy (non-hydrogen) atoms. The highest BCUT2D eigenvalue weighted by Crippen LogP contribution is 2.25. The summed E-state index contributed by atoms with van der Waals surface area (Å²) in [5, 5.41) is 4.97. The van der Waals surface area contributed by atoms with Gasteiger partial charge in [0.15, 0.2) is 0 Å². The predicted molar refractivity (Wildman–Crippen MR) is 110 cm³/mol. The van der Waals surface area contributed by atoms with E-state index >= 15 is 0 Å². The first-order valence-electron chi connectivity index (χ1n) is 8.67. The van der Waals surface area contributed by atoms with E-state index in [1.807, 2.05) is 61.1 Å². The molecule has 4 aromatic rings. The molecule has 0 unspecified atom stereocenters. The maximum atomic E-state index is 12.5. The van der Waals surface area contributed by atoms with Crippen LogP contribution < -0.4 is 10.9 Å². The van der Waals surface area contributed by atoms with Gasteiger partial charge in [-0.2, -0.15) is 0 Å². The van der Waals surface area contributed by atoms with Crippen molar-refractivity contribution in [3.8, 4) is 11.3 Å². The summed E-state index contributed by atoms with van der Waals surface area (Å²) in [5.74, 6) is 0. The van der Waals surface area contributed by atoms with Crippen molar-refractivity contribution in [1.29, 1.82) is 0 Å². The van der Waals surface area contributed by atoms with Crippen LogP contribution in [0, 0.1) is 0 Å². The van der Waals surface area contributed by atoms with E-state index in [1.165, 1.54) is 0 Å². The molecule has 4 rings (SSSR count). The van der Waals surface area contributed by atoms with E-state index in [4.69, 9.17) is 11.6 Å². The maximum absolute atomic E-state index is 12.5. The average molecular weight is 379 g/mol. The highest BCUT2D eigenvalue weighted by molar-refractivity contribution is 6.31. The Morgan fingerprint density at radius 1 is 1.19 bits per heavy atom. The fraction of sp³-hybridized carbons (Fsp3) is 0.143. The van der Waals surface area contributed by atoms with Crippen molar-refractivity contribution in [2.24, 2.45) is 7.05 Å². The van der Waals surface area contributed by atoms with Crippen LogP contribution in [0.3, 0.4) is 0 Å². The average Bonchev–Trinajstić information content (AvgIpc) is 3.07. The van der Waals surface area contributed by atoms with Crippen molar-refractivity contribution in [2.75, 3.05) is 5.32 Å². The zero-order chi connectivity index (χ0) is 19.0. The number of nitrogens with zero attached hydrogens (tertiary/aromatic N) is 2. The molecule has 0 saturated heterocycles. The maximum Gasteiger partial charge on any atom is 0.253 e. The number of rotatable bonds is 4. The van der Waals surface area contributed by atoms with Gasteiger partial charge in [0.25, 0.3) is 5.56 Å². The molecule has 0 spiro atoms. The van der Waals surface area contributed by atoms with Gasteiger partial charge in [0.05, 0.1) is 24.3 Å². The number of hydrogen-bond acceptors (Lipinski definition) is 3. The number of imidazole rings is 1. The van der Waals surface area contributed by atoms with Gasteiger partial charge >= 0.3 is 0 Å². The summed E-state index contributed by atoms with van der Waals surface area (Å²) in [6, 6.07) is 15.2. The number of nitrogens with one attached hydrogen (secondary N) is 2. The standard InChI is InChI=1S/C21H19ClN4O/c1-13(18-10-15-8-16(22)6-7-19(15)25-21(18)27)24-17-5-3-4-14(9-17)20-11-23-12-26(20)2/h3-13,24H,1-2H3,(H,25,27)/t13-/m0/s1. The fourth-order valence-electron chi connectivity index (χ4n) is 3.25. The Kier molecular flexibility index (Phi) is 4.46. The minimum absolute atomic E-state index is 0.104. The van der Waals surface area contributed by atoms with Crippen molar-refractivity contribution >= 4 is 28.2 Å². The van der Waals surface area contributed by atoms with Gasteiger partial charge < -0.3 is 14.9 Å². The lowest BCUT2D eigenvalue weighted by molar-refractivity contribution is 0.866. The zero-order valence-corrected chi connectivity index (χ0v) is 15.8. The minimum atomic E-state index is -0.168. The molecule has 1 atom stereocenters. The number of H-pyrrole nitrogens is 1. The molecule has 0 saturated carbocycles. The quantitative estimate of drug-likeness (QED) is 0.538. The van der Waals surface area contributed by atoms with Gasteiger partial charge in [-0.3, -0.25) is 4.79 Å². The second kappa shape index (κ2) is 6.93. The van der Waals surface area contributed by atoms with E-state index in [-0.39, 0.29) is 11.6 Å². The van der Waals surface area contributed by atoms with Crippen molar-refractivity contribution in [1.82, 2.24) is 14.5 Å². The second-order valence-electron chi connectivity index (χ2n) is 6.62. The van der Waals surface area contributed by atoms with E-state index in [2.05, 4.69) is 21.4 Å². The summed E-state index contributed by atoms with van der Waals surface area (Å²) in [6.07, 6.45) is 3.61. The molecule has 0 aliphatic carbocycles. The highest BCUT2D eigenvalue weighted by atomic mass is 35.5. The number of pyridine rings is 1. The summed E-state index contributed by atoms with van der Waals surface area (Å²) >= 11 is 6.08. The van der Waals surface area contributed by atoms with Crippen molar-refractivity contribution in [3.63, 3.8) is 0 Å². The smallest absolute Gasteiger partial charge is 0.253 e. The number of aryl methyl sites for hydroxylation is 1. The van der Waals surface area contributed by atoms with Gasteiger partial charge in [0.2, 0.25) is 0 Å². The van der Waals surface area contributed by atoms with Crippen LogP contribution in [-0.4, -0.2) is 14.5 Å². The van der Waals surface area contributed by atoms with E-state index < -0.39 is 0 Å². The first-order chi connectivity index (χ1) is 13.0. The molecule has 0 radical (unpaired) electrons. The van der Waals surface area contributed by atoms with Gasteiger partial charge in [-0.15, -0.1) is 0 Å². The Morgan fingerprint density at radius 2 is 2.04 bits per heavy atom. The van der Waals surface area contributed by atoms with Crippen LogP contribution in [0.15, 0.2) is 65.8 Å². The molecule has 2 heterocycles. The van der Waals surface area contributed by atoms with E-state index in [0.717, 1.165) is 27.8 Å². The topological polar surface area (TPSA) is 62.7 Å². The first-order valence-corrected chi connectivity index (χ1v) is 9.05. The van der Waals surface area contributed by atoms with E-state index in [9.17, 15) is 4.79 Å². The van der Waals surface area contributed by atoms with Crippen LogP contribution in [-0.2, 0) is 7.05 Å². The van der Waals surface area contributed by atoms with Gasteiger partial charge in [-0.1, -0.05) is 23.7 Å². The third-order valence-electron chi connectivity index (χ3n) is 4.66. The Bertz CT molecular complexity index is 1180. The monoisotopic (exact) mass is 378 g/mol. The van der Waals surface area contributed by atoms with Crippen molar-refractivity contribution < 1.29 is 0 Å². The third kappa shape index (κ3) is 3.46. The molecule has 6 heteroatoms. The molecule has 2 aromatic heterocycles. The molecular weight excluding hydrogens is 360 g/mol. The predicted octanol–water partition coefficient (Wildman–Crippen LogP) is 4.76. The zero-order valence-electron chi connectivity index (χ0n) is 15.0. The molecule has 0 bridgehead atoms. The number of fused-ring (bicyclic) bond motifs is 1. The van der Waals surface area contributed by atoms with Gasteiger partial charge in [-0.25, -0.2) is 4.98 Å². The molecular formula is C21H19ClN4O. The summed E-state index contributed by atoms with van der Waals surface area (Å²) in [6.45, 7) is 1.97. The second-order valence-corrected chi connectivity index (χ2v) is 7.06. The Balaban J connectivity index is 1.65. The van der Waals surface area contributed by atoms with Crippen LogP contribution >= 0.6 is 11.6 Å². The third-order valence-corrected chi connectivity index (χ3v) is 4.89. The molecule has 0 amide bonds. The Hall–Kier alpha value is -3.05. The molecule has 136 valence electrons. The summed E-state index contributed by atoms with van der Waals surface area (Å²) in [7, 11) is 1.96. The van der Waals surface area contributed by atoms with Crippen molar-refractivity contribution in [2.45, 2.75) is 13.0 Å². The number of anilines is 1. The number of hydrogen-bond donors (Lipinski definition) is 2. The molecule has 5 nitrogen and oxygen atoms in total. The Morgan fingerprint density at radius 3 is 2.81 bits per heavy atom. The number of halogens is 1. The summed E-state index contributed by atoms with van der Waals surface area (Å²) in [5.41, 5.74) is 4.37. The fourth-order valence-corrected chi connectivity index (χ4v) is 3.43. The number of aromatic amines is 1. The lowest BCUT2D eigenvalue weighted by Crippen LogP contribution is -2.19. The molecule has 0 fully saturated rings. The highest BCUT2D eigenvalue weighted by Gasteiger charge is 2.12. The number of benzene rings is 2. The largest absolute Gasteiger partial charge is 0.378 e. The Labute approximate surface area is 161 Å². The van der Waals surface area contributed by atoms with Gasteiger partial charge in [-0.05, 0) is 43.3 Å². The molecule has 0 aliphatic rings. The number of aromatic nitrogens is 3. The SMILES string of the molecule is C[C@H](Nc1cccc(-c2cncn2C)c1)c1cc2cc(Cl)ccc2[nH]c1=O. The first kappa shape index (κ1) is 17.4. The normalized spacial score (nSPS) is 12.3. The van der Waals surface area contributed by atoms with Crippen LogP contribution in [0.1, 0.15) is 18.5 Å².